The van der Waals surface area contributed by atoms with Crippen molar-refractivity contribution in [2.75, 3.05) is 11.5 Å². The van der Waals surface area contributed by atoms with E-state index in [0.29, 0.717) is 17.1 Å². The van der Waals surface area contributed by atoms with Crippen LogP contribution in [0.25, 0.3) is 0 Å². The van der Waals surface area contributed by atoms with Crippen LogP contribution in [0.2, 0.25) is 0 Å². The number of hydrogen-bond acceptors (Lipinski definition) is 3. The van der Waals surface area contributed by atoms with Crippen molar-refractivity contribution >= 4 is 11.4 Å². The van der Waals surface area contributed by atoms with Gasteiger partial charge in [-0.25, -0.2) is 0 Å². The van der Waals surface area contributed by atoms with E-state index in [0.717, 1.165) is 11.3 Å². The van der Waals surface area contributed by atoms with Gasteiger partial charge in [0.1, 0.15) is 11.5 Å². The van der Waals surface area contributed by atoms with E-state index in [4.69, 9.17) is 16.2 Å². The fourth-order valence-corrected chi connectivity index (χ4v) is 1.50. The van der Waals surface area contributed by atoms with Gasteiger partial charge < -0.3 is 16.2 Å². The van der Waals surface area contributed by atoms with E-state index in [1.54, 1.807) is 18.2 Å². The summed E-state index contributed by atoms with van der Waals surface area (Å²) in [7, 11) is 0. The first-order chi connectivity index (χ1) is 7.65. The summed E-state index contributed by atoms with van der Waals surface area (Å²) in [6.45, 7) is 1.99. The molecule has 2 rings (SSSR count). The lowest BCUT2D eigenvalue weighted by atomic mass is 10.2. The minimum Gasteiger partial charge on any atom is -0.457 e. The Hall–Kier alpha value is -2.16. The highest BCUT2D eigenvalue weighted by Crippen LogP contribution is 2.27. The second kappa shape index (κ2) is 4.14. The zero-order valence-corrected chi connectivity index (χ0v) is 9.10. The van der Waals surface area contributed by atoms with E-state index in [-0.39, 0.29) is 0 Å². The largest absolute Gasteiger partial charge is 0.457 e. The fourth-order valence-electron chi connectivity index (χ4n) is 1.50. The maximum atomic E-state index is 5.71. The zero-order chi connectivity index (χ0) is 11.5. The summed E-state index contributed by atoms with van der Waals surface area (Å²) in [4.78, 5) is 0. The van der Waals surface area contributed by atoms with Gasteiger partial charge in [0.05, 0.1) is 0 Å². The number of nitrogen functional groups attached to an aromatic ring is 2. The van der Waals surface area contributed by atoms with Crippen molar-refractivity contribution in [2.24, 2.45) is 0 Å². The van der Waals surface area contributed by atoms with Crippen molar-refractivity contribution in [1.82, 2.24) is 0 Å². The van der Waals surface area contributed by atoms with Gasteiger partial charge >= 0.3 is 0 Å². The summed E-state index contributed by atoms with van der Waals surface area (Å²) in [5, 5.41) is 0. The Morgan fingerprint density at radius 3 is 2.19 bits per heavy atom. The van der Waals surface area contributed by atoms with E-state index in [1.807, 2.05) is 31.2 Å². The Morgan fingerprint density at radius 1 is 0.938 bits per heavy atom. The van der Waals surface area contributed by atoms with Crippen LogP contribution in [0.5, 0.6) is 11.5 Å². The van der Waals surface area contributed by atoms with E-state index < -0.39 is 0 Å². The van der Waals surface area contributed by atoms with Crippen LogP contribution in [-0.2, 0) is 0 Å². The van der Waals surface area contributed by atoms with Gasteiger partial charge in [0, 0.05) is 23.5 Å². The molecule has 0 atom stereocenters. The molecule has 0 saturated heterocycles. The van der Waals surface area contributed by atoms with Crippen LogP contribution in [0.4, 0.5) is 11.4 Å². The highest BCUT2D eigenvalue weighted by Gasteiger charge is 2.01. The molecule has 3 nitrogen and oxygen atoms in total. The van der Waals surface area contributed by atoms with Crippen molar-refractivity contribution in [3.63, 3.8) is 0 Å². The summed E-state index contributed by atoms with van der Waals surface area (Å²) in [6, 6.07) is 13.0. The first kappa shape index (κ1) is 10.4. The molecule has 4 N–H and O–H groups in total. The molecule has 0 aliphatic rings. The maximum Gasteiger partial charge on any atom is 0.131 e. The summed E-state index contributed by atoms with van der Waals surface area (Å²) >= 11 is 0. The lowest BCUT2D eigenvalue weighted by molar-refractivity contribution is 0.479. The van der Waals surface area contributed by atoms with Gasteiger partial charge in [0.25, 0.3) is 0 Å². The normalized spacial score (nSPS) is 10.1. The number of para-hydroxylation sites is 1. The van der Waals surface area contributed by atoms with Gasteiger partial charge in [-0.2, -0.15) is 0 Å². The van der Waals surface area contributed by atoms with Gasteiger partial charge in [0.15, 0.2) is 0 Å². The number of hydrogen-bond donors (Lipinski definition) is 2. The van der Waals surface area contributed by atoms with Crippen LogP contribution in [-0.4, -0.2) is 0 Å². The van der Waals surface area contributed by atoms with Crippen molar-refractivity contribution in [3.8, 4) is 11.5 Å². The predicted molar refractivity (Wildman–Crippen MR) is 66.5 cm³/mol. The van der Waals surface area contributed by atoms with Gasteiger partial charge in [0.2, 0.25) is 0 Å². The molecule has 0 aromatic heterocycles. The molecule has 82 valence electrons. The minimum absolute atomic E-state index is 0.601. The third-order valence-electron chi connectivity index (χ3n) is 2.27. The molecule has 0 spiro atoms. The molecular formula is C13H14N2O. The van der Waals surface area contributed by atoms with Crippen molar-refractivity contribution in [2.45, 2.75) is 6.92 Å². The van der Waals surface area contributed by atoms with E-state index >= 15 is 0 Å². The average molecular weight is 214 g/mol. The Morgan fingerprint density at radius 2 is 1.56 bits per heavy atom. The van der Waals surface area contributed by atoms with Crippen LogP contribution in [0.1, 0.15) is 5.56 Å². The molecule has 2 aromatic rings. The van der Waals surface area contributed by atoms with E-state index in [9.17, 15) is 0 Å². The quantitative estimate of drug-likeness (QED) is 0.755. The number of benzene rings is 2. The topological polar surface area (TPSA) is 61.3 Å². The molecule has 0 fully saturated rings. The second-order valence-electron chi connectivity index (χ2n) is 3.70. The third-order valence-corrected chi connectivity index (χ3v) is 2.27. The number of rotatable bonds is 2. The van der Waals surface area contributed by atoms with Crippen LogP contribution >= 0.6 is 0 Å². The fraction of sp³-hybridized carbons (Fsp3) is 0.0769. The van der Waals surface area contributed by atoms with E-state index in [2.05, 4.69) is 0 Å². The molecule has 0 bridgehead atoms. The molecule has 0 amide bonds. The molecule has 16 heavy (non-hydrogen) atoms. The Labute approximate surface area is 94.6 Å². The highest BCUT2D eigenvalue weighted by molar-refractivity contribution is 5.57. The monoisotopic (exact) mass is 214 g/mol. The summed E-state index contributed by atoms with van der Waals surface area (Å²) < 4.78 is 5.71. The first-order valence-corrected chi connectivity index (χ1v) is 5.04. The Bertz CT molecular complexity index is 489. The molecule has 0 aliphatic carbocycles. The van der Waals surface area contributed by atoms with Crippen molar-refractivity contribution in [3.05, 3.63) is 48.0 Å². The van der Waals surface area contributed by atoms with E-state index in [1.165, 1.54) is 0 Å². The van der Waals surface area contributed by atoms with Crippen molar-refractivity contribution in [1.29, 1.82) is 0 Å². The molecule has 3 heteroatoms. The van der Waals surface area contributed by atoms with Gasteiger partial charge in [-0.1, -0.05) is 18.2 Å². The molecule has 2 aromatic carbocycles. The van der Waals surface area contributed by atoms with Crippen LogP contribution in [0.3, 0.4) is 0 Å². The molecular weight excluding hydrogens is 200 g/mol. The van der Waals surface area contributed by atoms with Crippen LogP contribution in [0, 0.1) is 6.92 Å². The molecule has 0 saturated carbocycles. The van der Waals surface area contributed by atoms with Gasteiger partial charge in [-0.15, -0.1) is 0 Å². The standard InChI is InChI=1S/C13H14N2O/c1-9-4-2-3-5-13(9)16-12-7-10(14)6-11(15)8-12/h2-8H,14-15H2,1H3. The zero-order valence-electron chi connectivity index (χ0n) is 9.10. The summed E-state index contributed by atoms with van der Waals surface area (Å²) in [5.74, 6) is 1.47. The SMILES string of the molecule is Cc1ccccc1Oc1cc(N)cc(N)c1. The number of anilines is 2. The number of nitrogens with two attached hydrogens (primary N) is 2. The second-order valence-corrected chi connectivity index (χ2v) is 3.70. The molecule has 0 unspecified atom stereocenters. The summed E-state index contributed by atoms with van der Waals surface area (Å²) in [6.07, 6.45) is 0. The number of aryl methyl sites for hydroxylation is 1. The lowest BCUT2D eigenvalue weighted by Crippen LogP contribution is -1.93. The average Bonchev–Trinajstić information content (AvgIpc) is 2.20. The van der Waals surface area contributed by atoms with Gasteiger partial charge in [-0.3, -0.25) is 0 Å². The Balaban J connectivity index is 2.30. The molecule has 0 aliphatic heterocycles. The van der Waals surface area contributed by atoms with Crippen LogP contribution < -0.4 is 16.2 Å². The highest BCUT2D eigenvalue weighted by atomic mass is 16.5. The maximum absolute atomic E-state index is 5.71. The van der Waals surface area contributed by atoms with Crippen molar-refractivity contribution < 1.29 is 4.74 Å². The Kier molecular flexibility index (Phi) is 2.68. The third kappa shape index (κ3) is 2.25. The molecule has 0 heterocycles. The number of ether oxygens (including phenoxy) is 1. The van der Waals surface area contributed by atoms with Crippen LogP contribution in [0.15, 0.2) is 42.5 Å². The predicted octanol–water partition coefficient (Wildman–Crippen LogP) is 2.95. The summed E-state index contributed by atoms with van der Waals surface area (Å²) in [5.41, 5.74) is 13.7. The minimum atomic E-state index is 0.601. The van der Waals surface area contributed by atoms with Gasteiger partial charge in [-0.05, 0) is 24.6 Å². The molecule has 0 radical (unpaired) electrons. The smallest absolute Gasteiger partial charge is 0.131 e. The lowest BCUT2D eigenvalue weighted by Gasteiger charge is -2.09. The first-order valence-electron chi connectivity index (χ1n) is 5.04.